The number of carbonyl (C=O) groups is 2. The molecular formula is C25H29N5O3. The van der Waals surface area contributed by atoms with E-state index in [1.165, 1.54) is 6.42 Å². The number of likely N-dealkylation sites (tertiary alicyclic amines) is 1. The molecule has 0 spiro atoms. The summed E-state index contributed by atoms with van der Waals surface area (Å²) in [4.78, 5) is 27.0. The summed E-state index contributed by atoms with van der Waals surface area (Å²) in [5.74, 6) is 5.00. The SMILES string of the molecule is CCOC(=O)C1=Cc2ccc(-c3ccc(C(=O)N4CCCCC4)cc3)cc2NC(N=NN)C1. The van der Waals surface area contributed by atoms with Gasteiger partial charge in [0.25, 0.3) is 5.91 Å². The Morgan fingerprint density at radius 2 is 1.82 bits per heavy atom. The van der Waals surface area contributed by atoms with Crippen LogP contribution in [0.5, 0.6) is 0 Å². The van der Waals surface area contributed by atoms with Gasteiger partial charge in [-0.15, -0.1) is 5.11 Å². The molecular weight excluding hydrogens is 418 g/mol. The number of hydrogen-bond donors (Lipinski definition) is 2. The van der Waals surface area contributed by atoms with Crippen LogP contribution in [0, 0.1) is 0 Å². The third-order valence-corrected chi connectivity index (χ3v) is 5.97. The molecule has 8 nitrogen and oxygen atoms in total. The standard InChI is InChI=1S/C25H29N5O3/c1-2-33-25(32)21-14-20-11-10-19(15-22(20)27-23(16-21)28-29-26)17-6-8-18(9-7-17)24(31)30-12-4-3-5-13-30/h6-11,14-15,23,27H,2-5,12-13,16H2,1H3,(H2,26,28). The lowest BCUT2D eigenvalue weighted by atomic mass is 10.00. The molecule has 1 atom stereocenters. The number of nitrogens with one attached hydrogen (secondary N) is 1. The first kappa shape index (κ1) is 22.5. The van der Waals surface area contributed by atoms with Crippen molar-refractivity contribution in [3.05, 3.63) is 59.2 Å². The van der Waals surface area contributed by atoms with Crippen molar-refractivity contribution >= 4 is 23.6 Å². The molecule has 2 aliphatic heterocycles. The second kappa shape index (κ2) is 10.3. The summed E-state index contributed by atoms with van der Waals surface area (Å²) < 4.78 is 5.18. The zero-order valence-electron chi connectivity index (χ0n) is 18.8. The second-order valence-electron chi connectivity index (χ2n) is 8.22. The fraction of sp³-hybridized carbons (Fsp3) is 0.360. The highest BCUT2D eigenvalue weighted by molar-refractivity contribution is 5.96. The van der Waals surface area contributed by atoms with Crippen LogP contribution in [0.3, 0.4) is 0 Å². The van der Waals surface area contributed by atoms with Crippen molar-refractivity contribution in [1.82, 2.24) is 4.90 Å². The van der Waals surface area contributed by atoms with Crippen molar-refractivity contribution in [3.8, 4) is 11.1 Å². The average Bonchev–Trinajstić information content (AvgIpc) is 3.03. The third kappa shape index (κ3) is 5.22. The third-order valence-electron chi connectivity index (χ3n) is 5.97. The number of carbonyl (C=O) groups excluding carboxylic acids is 2. The minimum atomic E-state index is -0.480. The Bertz CT molecular complexity index is 1070. The van der Waals surface area contributed by atoms with Gasteiger partial charge in [-0.25, -0.2) is 4.79 Å². The predicted octanol–water partition coefficient (Wildman–Crippen LogP) is 4.39. The van der Waals surface area contributed by atoms with Crippen molar-refractivity contribution < 1.29 is 14.3 Å². The first-order valence-corrected chi connectivity index (χ1v) is 11.4. The van der Waals surface area contributed by atoms with Gasteiger partial charge in [0.2, 0.25) is 0 Å². The Balaban J connectivity index is 1.59. The molecule has 33 heavy (non-hydrogen) atoms. The first-order chi connectivity index (χ1) is 16.1. The van der Waals surface area contributed by atoms with Crippen molar-refractivity contribution in [1.29, 1.82) is 0 Å². The number of hydrogen-bond acceptors (Lipinski definition) is 6. The van der Waals surface area contributed by atoms with Crippen LogP contribution in [0.4, 0.5) is 5.69 Å². The molecule has 3 N–H and O–H groups in total. The summed E-state index contributed by atoms with van der Waals surface area (Å²) in [6.45, 7) is 3.74. The van der Waals surface area contributed by atoms with E-state index in [-0.39, 0.29) is 11.9 Å². The number of ether oxygens (including phenoxy) is 1. The van der Waals surface area contributed by atoms with Crippen LogP contribution < -0.4 is 11.2 Å². The Labute approximate surface area is 193 Å². The average molecular weight is 448 g/mol. The van der Waals surface area contributed by atoms with Gasteiger partial charge in [0.15, 0.2) is 0 Å². The van der Waals surface area contributed by atoms with Gasteiger partial charge in [-0.3, -0.25) is 4.79 Å². The smallest absolute Gasteiger partial charge is 0.334 e. The molecule has 4 rings (SSSR count). The molecule has 8 heteroatoms. The highest BCUT2D eigenvalue weighted by atomic mass is 16.5. The Hall–Kier alpha value is -3.68. The molecule has 0 aliphatic carbocycles. The van der Waals surface area contributed by atoms with Crippen LogP contribution in [0.15, 0.2) is 58.4 Å². The van der Waals surface area contributed by atoms with E-state index in [0.717, 1.165) is 48.3 Å². The van der Waals surface area contributed by atoms with Crippen molar-refractivity contribution in [2.75, 3.05) is 25.0 Å². The number of anilines is 1. The molecule has 2 aliphatic rings. The molecule has 0 bridgehead atoms. The van der Waals surface area contributed by atoms with Crippen LogP contribution in [-0.4, -0.2) is 42.6 Å². The Kier molecular flexibility index (Phi) is 7.02. The molecule has 1 fully saturated rings. The Morgan fingerprint density at radius 3 is 2.52 bits per heavy atom. The molecule has 0 aromatic heterocycles. The van der Waals surface area contributed by atoms with Crippen LogP contribution in [-0.2, 0) is 9.53 Å². The van der Waals surface area contributed by atoms with Crippen LogP contribution >= 0.6 is 0 Å². The number of amides is 1. The topological polar surface area (TPSA) is 109 Å². The van der Waals surface area contributed by atoms with Gasteiger partial charge in [0.05, 0.1) is 6.61 Å². The van der Waals surface area contributed by atoms with Gasteiger partial charge in [0.1, 0.15) is 6.17 Å². The number of esters is 1. The fourth-order valence-corrected chi connectivity index (χ4v) is 4.27. The van der Waals surface area contributed by atoms with E-state index in [1.807, 2.05) is 53.4 Å². The zero-order valence-corrected chi connectivity index (χ0v) is 18.8. The van der Waals surface area contributed by atoms with E-state index in [2.05, 4.69) is 15.7 Å². The maximum absolute atomic E-state index is 12.7. The lowest BCUT2D eigenvalue weighted by Crippen LogP contribution is -2.35. The fourth-order valence-electron chi connectivity index (χ4n) is 4.27. The summed E-state index contributed by atoms with van der Waals surface area (Å²) in [6.07, 6.45) is 4.99. The molecule has 1 saturated heterocycles. The molecule has 172 valence electrons. The molecule has 2 heterocycles. The summed E-state index contributed by atoms with van der Waals surface area (Å²) in [5, 5.41) is 10.7. The van der Waals surface area contributed by atoms with Gasteiger partial charge < -0.3 is 20.8 Å². The van der Waals surface area contributed by atoms with E-state index >= 15 is 0 Å². The highest BCUT2D eigenvalue weighted by Gasteiger charge is 2.23. The minimum absolute atomic E-state index is 0.0939. The molecule has 2 aromatic rings. The van der Waals surface area contributed by atoms with E-state index < -0.39 is 6.17 Å². The number of nitrogens with zero attached hydrogens (tertiary/aromatic N) is 3. The summed E-state index contributed by atoms with van der Waals surface area (Å²) in [5.41, 5.74) is 4.86. The van der Waals surface area contributed by atoms with Gasteiger partial charge in [-0.2, -0.15) is 0 Å². The summed E-state index contributed by atoms with van der Waals surface area (Å²) >= 11 is 0. The molecule has 0 radical (unpaired) electrons. The van der Waals surface area contributed by atoms with E-state index in [9.17, 15) is 9.59 Å². The quantitative estimate of drug-likeness (QED) is 0.306. The summed E-state index contributed by atoms with van der Waals surface area (Å²) in [6, 6.07) is 13.6. The number of fused-ring (bicyclic) bond motifs is 1. The van der Waals surface area contributed by atoms with E-state index in [1.54, 1.807) is 6.92 Å². The molecule has 1 unspecified atom stereocenters. The second-order valence-corrected chi connectivity index (χ2v) is 8.22. The maximum atomic E-state index is 12.7. The predicted molar refractivity (Wildman–Crippen MR) is 127 cm³/mol. The largest absolute Gasteiger partial charge is 0.463 e. The normalized spacial score (nSPS) is 18.2. The highest BCUT2D eigenvalue weighted by Crippen LogP contribution is 2.32. The van der Waals surface area contributed by atoms with E-state index in [4.69, 9.17) is 10.6 Å². The van der Waals surface area contributed by atoms with Crippen LogP contribution in [0.2, 0.25) is 0 Å². The Morgan fingerprint density at radius 1 is 1.09 bits per heavy atom. The number of benzene rings is 2. The number of nitrogens with two attached hydrogens (primary N) is 1. The van der Waals surface area contributed by atoms with Crippen molar-refractivity contribution in [3.63, 3.8) is 0 Å². The van der Waals surface area contributed by atoms with Crippen molar-refractivity contribution in [2.24, 2.45) is 16.2 Å². The van der Waals surface area contributed by atoms with Gasteiger partial charge in [-0.05, 0) is 67.2 Å². The molecule has 0 saturated carbocycles. The molecule has 2 aromatic carbocycles. The minimum Gasteiger partial charge on any atom is -0.463 e. The zero-order chi connectivity index (χ0) is 23.2. The number of rotatable bonds is 5. The van der Waals surface area contributed by atoms with Crippen LogP contribution in [0.1, 0.15) is 48.5 Å². The maximum Gasteiger partial charge on any atom is 0.334 e. The first-order valence-electron chi connectivity index (χ1n) is 11.4. The summed E-state index contributed by atoms with van der Waals surface area (Å²) in [7, 11) is 0. The number of piperidine rings is 1. The van der Waals surface area contributed by atoms with Crippen molar-refractivity contribution in [2.45, 2.75) is 38.8 Å². The van der Waals surface area contributed by atoms with Gasteiger partial charge in [0, 0.05) is 36.3 Å². The van der Waals surface area contributed by atoms with Crippen LogP contribution in [0.25, 0.3) is 17.2 Å². The van der Waals surface area contributed by atoms with Gasteiger partial charge in [-0.1, -0.05) is 29.5 Å². The lowest BCUT2D eigenvalue weighted by Gasteiger charge is -2.26. The van der Waals surface area contributed by atoms with E-state index in [0.29, 0.717) is 24.2 Å². The lowest BCUT2D eigenvalue weighted by molar-refractivity contribution is -0.138. The van der Waals surface area contributed by atoms with Gasteiger partial charge >= 0.3 is 5.97 Å². The monoisotopic (exact) mass is 447 g/mol. The molecule has 1 amide bonds.